The van der Waals surface area contributed by atoms with Crippen molar-refractivity contribution in [1.29, 1.82) is 5.26 Å². The van der Waals surface area contributed by atoms with Gasteiger partial charge in [-0.3, -0.25) is 20.1 Å². The first-order chi connectivity index (χ1) is 8.08. The number of nitrogens with one attached hydrogen (secondary N) is 4. The second-order valence-electron chi connectivity index (χ2n) is 3.17. The van der Waals surface area contributed by atoms with E-state index in [4.69, 9.17) is 5.26 Å². The average molecular weight is 236 g/mol. The molecule has 0 atom stereocenters. The van der Waals surface area contributed by atoms with Crippen molar-refractivity contribution in [2.24, 2.45) is 4.99 Å². The van der Waals surface area contributed by atoms with E-state index < -0.39 is 11.2 Å². The summed E-state index contributed by atoms with van der Waals surface area (Å²) in [6.45, 7) is 1.78. The van der Waals surface area contributed by atoms with E-state index in [2.05, 4.69) is 25.6 Å². The zero-order chi connectivity index (χ0) is 12.8. The Kier molecular flexibility index (Phi) is 4.05. The van der Waals surface area contributed by atoms with E-state index in [9.17, 15) is 9.59 Å². The second-order valence-corrected chi connectivity index (χ2v) is 3.17. The third-order valence-corrected chi connectivity index (χ3v) is 2.12. The molecule has 4 N–H and O–H groups in total. The van der Waals surface area contributed by atoms with Gasteiger partial charge in [-0.25, -0.2) is 4.79 Å². The van der Waals surface area contributed by atoms with Gasteiger partial charge in [0, 0.05) is 18.3 Å². The molecule has 0 aromatic carbocycles. The quantitative estimate of drug-likeness (QED) is 0.215. The van der Waals surface area contributed by atoms with Gasteiger partial charge in [0.25, 0.3) is 5.56 Å². The van der Waals surface area contributed by atoms with Crippen molar-refractivity contribution in [3.8, 4) is 6.19 Å². The minimum absolute atomic E-state index is 0.187. The highest BCUT2D eigenvalue weighted by molar-refractivity contribution is 5.80. The van der Waals surface area contributed by atoms with Crippen LogP contribution in [0.15, 0.2) is 14.6 Å². The summed E-state index contributed by atoms with van der Waals surface area (Å²) in [4.78, 5) is 30.7. The van der Waals surface area contributed by atoms with Gasteiger partial charge < -0.3 is 10.3 Å². The zero-order valence-electron chi connectivity index (χ0n) is 9.42. The molecule has 1 rings (SSSR count). The van der Waals surface area contributed by atoms with E-state index >= 15 is 0 Å². The van der Waals surface area contributed by atoms with Gasteiger partial charge >= 0.3 is 5.69 Å². The number of hydrogen-bond donors (Lipinski definition) is 4. The molecule has 0 amide bonds. The fourth-order valence-electron chi connectivity index (χ4n) is 1.18. The van der Waals surface area contributed by atoms with Gasteiger partial charge in [0.1, 0.15) is 0 Å². The van der Waals surface area contributed by atoms with Gasteiger partial charge in [0.2, 0.25) is 5.96 Å². The van der Waals surface area contributed by atoms with Crippen LogP contribution in [0.25, 0.3) is 0 Å². The Morgan fingerprint density at radius 3 is 2.76 bits per heavy atom. The number of hydrogen-bond acceptors (Lipinski definition) is 4. The maximum atomic E-state index is 11.3. The number of H-pyrrole nitrogens is 2. The minimum Gasteiger partial charge on any atom is -0.350 e. The van der Waals surface area contributed by atoms with Gasteiger partial charge in [-0.15, -0.1) is 0 Å². The van der Waals surface area contributed by atoms with Crippen LogP contribution in [0.5, 0.6) is 0 Å². The molecule has 0 radical (unpaired) electrons. The number of aromatic amines is 2. The summed E-state index contributed by atoms with van der Waals surface area (Å²) in [6.07, 6.45) is 1.71. The molecule has 1 aromatic rings. The highest BCUT2D eigenvalue weighted by Gasteiger charge is 2.05. The van der Waals surface area contributed by atoms with Crippen molar-refractivity contribution in [2.45, 2.75) is 13.5 Å². The van der Waals surface area contributed by atoms with Crippen LogP contribution in [0.2, 0.25) is 0 Å². The first-order valence-electron chi connectivity index (χ1n) is 4.76. The first-order valence-corrected chi connectivity index (χ1v) is 4.76. The Morgan fingerprint density at radius 2 is 2.18 bits per heavy atom. The van der Waals surface area contributed by atoms with Crippen molar-refractivity contribution in [3.63, 3.8) is 0 Å². The Morgan fingerprint density at radius 1 is 1.47 bits per heavy atom. The van der Waals surface area contributed by atoms with Gasteiger partial charge in [-0.05, 0) is 6.92 Å². The van der Waals surface area contributed by atoms with Crippen molar-refractivity contribution in [2.75, 3.05) is 7.05 Å². The number of nitrogens with zero attached hydrogens (tertiary/aromatic N) is 2. The van der Waals surface area contributed by atoms with E-state index in [1.54, 1.807) is 13.1 Å². The van der Waals surface area contributed by atoms with E-state index in [0.717, 1.165) is 0 Å². The molecule has 0 aliphatic heterocycles. The number of nitriles is 1. The number of rotatable bonds is 2. The van der Waals surface area contributed by atoms with E-state index in [1.807, 2.05) is 0 Å². The van der Waals surface area contributed by atoms with Crippen LogP contribution in [-0.4, -0.2) is 23.0 Å². The molecule has 0 bridgehead atoms. The molecule has 8 heteroatoms. The molecule has 0 aliphatic carbocycles. The Balaban J connectivity index is 2.87. The van der Waals surface area contributed by atoms with Crippen molar-refractivity contribution >= 4 is 5.96 Å². The lowest BCUT2D eigenvalue weighted by Crippen LogP contribution is -2.36. The summed E-state index contributed by atoms with van der Waals surface area (Å²) in [5.74, 6) is 0.257. The number of aromatic nitrogens is 2. The monoisotopic (exact) mass is 236 g/mol. The van der Waals surface area contributed by atoms with Gasteiger partial charge in [-0.2, -0.15) is 5.26 Å². The van der Waals surface area contributed by atoms with Crippen LogP contribution in [-0.2, 0) is 6.54 Å². The molecule has 0 unspecified atom stereocenters. The maximum Gasteiger partial charge on any atom is 0.325 e. The Hall–Kier alpha value is -2.56. The SMILES string of the molecule is CN=C(NC#N)NCc1[nH]c(=O)[nH]c(=O)c1C. The number of aliphatic imine (C=N–C) groups is 1. The molecule has 0 saturated heterocycles. The molecule has 1 heterocycles. The fraction of sp³-hybridized carbons (Fsp3) is 0.333. The van der Waals surface area contributed by atoms with E-state index in [0.29, 0.717) is 11.3 Å². The number of guanidine groups is 1. The van der Waals surface area contributed by atoms with Gasteiger partial charge in [0.05, 0.1) is 6.54 Å². The van der Waals surface area contributed by atoms with Gasteiger partial charge in [0.15, 0.2) is 6.19 Å². The van der Waals surface area contributed by atoms with Crippen LogP contribution in [0.4, 0.5) is 0 Å². The lowest BCUT2D eigenvalue weighted by Gasteiger charge is -2.08. The molecule has 0 fully saturated rings. The summed E-state index contributed by atoms with van der Waals surface area (Å²) in [7, 11) is 1.50. The molecular weight excluding hydrogens is 224 g/mol. The third-order valence-electron chi connectivity index (χ3n) is 2.12. The largest absolute Gasteiger partial charge is 0.350 e. The Labute approximate surface area is 96.4 Å². The van der Waals surface area contributed by atoms with Crippen LogP contribution in [0.3, 0.4) is 0 Å². The fourth-order valence-corrected chi connectivity index (χ4v) is 1.18. The van der Waals surface area contributed by atoms with Crippen molar-refractivity contribution < 1.29 is 0 Å². The summed E-state index contributed by atoms with van der Waals surface area (Å²) in [5.41, 5.74) is -0.154. The maximum absolute atomic E-state index is 11.3. The third kappa shape index (κ3) is 3.20. The summed E-state index contributed by atoms with van der Waals surface area (Å²) in [6, 6.07) is 0. The zero-order valence-corrected chi connectivity index (χ0v) is 9.42. The van der Waals surface area contributed by atoms with Crippen molar-refractivity contribution in [1.82, 2.24) is 20.6 Å². The summed E-state index contributed by atoms with van der Waals surface area (Å²) in [5, 5.41) is 13.5. The first kappa shape index (κ1) is 12.5. The lowest BCUT2D eigenvalue weighted by atomic mass is 10.2. The Bertz CT molecular complexity index is 576. The lowest BCUT2D eigenvalue weighted by molar-refractivity contribution is 0.809. The summed E-state index contributed by atoms with van der Waals surface area (Å²) >= 11 is 0. The van der Waals surface area contributed by atoms with Crippen LogP contribution in [0.1, 0.15) is 11.3 Å². The predicted octanol–water partition coefficient (Wildman–Crippen LogP) is -1.48. The highest BCUT2D eigenvalue weighted by Crippen LogP contribution is 1.93. The molecule has 90 valence electrons. The standard InChI is InChI=1S/C9H12N6O2/c1-5-6(14-9(17)15-7(5)16)3-12-8(11-2)13-4-10/h3H2,1-2H3,(H2,11,12,13)(H2,14,15,16,17). The second kappa shape index (κ2) is 5.50. The van der Waals surface area contributed by atoms with E-state index in [-0.39, 0.29) is 12.5 Å². The van der Waals surface area contributed by atoms with Crippen LogP contribution >= 0.6 is 0 Å². The summed E-state index contributed by atoms with van der Waals surface area (Å²) < 4.78 is 0. The topological polar surface area (TPSA) is 126 Å². The van der Waals surface area contributed by atoms with Crippen LogP contribution < -0.4 is 21.9 Å². The van der Waals surface area contributed by atoms with Crippen molar-refractivity contribution in [3.05, 3.63) is 32.1 Å². The predicted molar refractivity (Wildman–Crippen MR) is 61.4 cm³/mol. The minimum atomic E-state index is -0.569. The van der Waals surface area contributed by atoms with Gasteiger partial charge in [-0.1, -0.05) is 0 Å². The molecular formula is C9H12N6O2. The molecule has 0 aliphatic rings. The van der Waals surface area contributed by atoms with Crippen LogP contribution in [0, 0.1) is 18.4 Å². The molecule has 17 heavy (non-hydrogen) atoms. The smallest absolute Gasteiger partial charge is 0.325 e. The molecule has 8 nitrogen and oxygen atoms in total. The normalized spacial score (nSPS) is 10.8. The average Bonchev–Trinajstić information content (AvgIpc) is 2.30. The molecule has 1 aromatic heterocycles. The molecule has 0 spiro atoms. The highest BCUT2D eigenvalue weighted by atomic mass is 16.2. The van der Waals surface area contributed by atoms with E-state index in [1.165, 1.54) is 7.05 Å². The molecule has 0 saturated carbocycles.